The highest BCUT2D eigenvalue weighted by molar-refractivity contribution is 4.86. The van der Waals surface area contributed by atoms with Gasteiger partial charge in [-0.3, -0.25) is 0 Å². The van der Waals surface area contributed by atoms with Crippen LogP contribution in [-0.4, -0.2) is 21.4 Å². The van der Waals surface area contributed by atoms with Crippen LogP contribution in [0.15, 0.2) is 4.52 Å². The number of aliphatic hydroxyl groups excluding tert-OH is 1. The van der Waals surface area contributed by atoms with E-state index in [0.29, 0.717) is 18.7 Å². The number of hydrogen-bond acceptors (Lipinski definition) is 4. The molecule has 0 aliphatic heterocycles. The molecule has 0 aromatic carbocycles. The molecule has 1 aromatic rings. The number of nitrogens with zero attached hydrogens (tertiary/aromatic N) is 2. The number of hydrogen-bond donors (Lipinski definition) is 1. The van der Waals surface area contributed by atoms with Crippen LogP contribution in [0.5, 0.6) is 0 Å². The lowest BCUT2D eigenvalue weighted by molar-refractivity contribution is 0.180. The van der Waals surface area contributed by atoms with E-state index in [1.165, 1.54) is 0 Å². The zero-order chi connectivity index (χ0) is 9.68. The summed E-state index contributed by atoms with van der Waals surface area (Å²) in [5, 5.41) is 12.9. The van der Waals surface area contributed by atoms with Gasteiger partial charge in [0.05, 0.1) is 6.10 Å². The summed E-state index contributed by atoms with van der Waals surface area (Å²) in [5.41, 5.74) is 0. The molecule has 0 aliphatic carbocycles. The van der Waals surface area contributed by atoms with Gasteiger partial charge in [0.15, 0.2) is 5.82 Å². The molecule has 0 saturated heterocycles. The fourth-order valence-corrected chi connectivity index (χ4v) is 1.05. The molecule has 0 bridgehead atoms. The van der Waals surface area contributed by atoms with Crippen LogP contribution in [0.2, 0.25) is 0 Å². The quantitative estimate of drug-likeness (QED) is 0.750. The van der Waals surface area contributed by atoms with E-state index in [0.717, 1.165) is 18.7 Å². The summed E-state index contributed by atoms with van der Waals surface area (Å²) in [4.78, 5) is 4.18. The Balaban J connectivity index is 2.39. The molecule has 1 aromatic heterocycles. The van der Waals surface area contributed by atoms with Gasteiger partial charge in [0.2, 0.25) is 5.89 Å². The first kappa shape index (κ1) is 10.2. The van der Waals surface area contributed by atoms with Crippen LogP contribution >= 0.6 is 0 Å². The molecule has 0 saturated carbocycles. The highest BCUT2D eigenvalue weighted by atomic mass is 16.5. The largest absolute Gasteiger partial charge is 0.393 e. The Hall–Kier alpha value is -0.900. The summed E-state index contributed by atoms with van der Waals surface area (Å²) >= 11 is 0. The zero-order valence-electron chi connectivity index (χ0n) is 8.16. The molecular formula is C9H16N2O2. The zero-order valence-corrected chi connectivity index (χ0v) is 8.16. The Morgan fingerprint density at radius 1 is 1.46 bits per heavy atom. The van der Waals surface area contributed by atoms with Crippen molar-refractivity contribution in [3.8, 4) is 0 Å². The SMILES string of the molecule is CCCc1noc(CCC(C)O)n1. The van der Waals surface area contributed by atoms with Gasteiger partial charge < -0.3 is 9.63 Å². The van der Waals surface area contributed by atoms with E-state index >= 15 is 0 Å². The van der Waals surface area contributed by atoms with Crippen molar-refractivity contribution < 1.29 is 9.63 Å². The average molecular weight is 184 g/mol. The van der Waals surface area contributed by atoms with Crippen molar-refractivity contribution in [1.29, 1.82) is 0 Å². The van der Waals surface area contributed by atoms with Gasteiger partial charge in [-0.05, 0) is 19.8 Å². The van der Waals surface area contributed by atoms with Gasteiger partial charge in [0.25, 0.3) is 0 Å². The minimum absolute atomic E-state index is 0.304. The van der Waals surface area contributed by atoms with Gasteiger partial charge in [-0.15, -0.1) is 0 Å². The minimum Gasteiger partial charge on any atom is -0.393 e. The molecule has 0 radical (unpaired) electrons. The van der Waals surface area contributed by atoms with Crippen molar-refractivity contribution in [3.05, 3.63) is 11.7 Å². The Bertz CT molecular complexity index is 246. The van der Waals surface area contributed by atoms with E-state index in [1.54, 1.807) is 6.92 Å². The second kappa shape index (κ2) is 4.97. The molecule has 1 heterocycles. The van der Waals surface area contributed by atoms with Gasteiger partial charge >= 0.3 is 0 Å². The Morgan fingerprint density at radius 3 is 2.85 bits per heavy atom. The summed E-state index contributed by atoms with van der Waals surface area (Å²) in [7, 11) is 0. The van der Waals surface area contributed by atoms with E-state index in [2.05, 4.69) is 17.1 Å². The molecule has 74 valence electrons. The highest BCUT2D eigenvalue weighted by Gasteiger charge is 2.06. The lowest BCUT2D eigenvalue weighted by Gasteiger charge is -1.98. The average Bonchev–Trinajstić information content (AvgIpc) is 2.50. The first-order valence-corrected chi connectivity index (χ1v) is 4.72. The lowest BCUT2D eigenvalue weighted by Crippen LogP contribution is -2.01. The summed E-state index contributed by atoms with van der Waals surface area (Å²) < 4.78 is 5.00. The summed E-state index contributed by atoms with van der Waals surface area (Å²) in [6, 6.07) is 0. The van der Waals surface area contributed by atoms with Gasteiger partial charge in [0, 0.05) is 12.8 Å². The van der Waals surface area contributed by atoms with Crippen molar-refractivity contribution in [3.63, 3.8) is 0 Å². The summed E-state index contributed by atoms with van der Waals surface area (Å²) in [6.45, 7) is 3.83. The van der Waals surface area contributed by atoms with Gasteiger partial charge in [-0.25, -0.2) is 0 Å². The fraction of sp³-hybridized carbons (Fsp3) is 0.778. The molecule has 0 amide bonds. The summed E-state index contributed by atoms with van der Waals surface area (Å²) in [6.07, 6.45) is 2.91. The third-order valence-corrected chi connectivity index (χ3v) is 1.76. The van der Waals surface area contributed by atoms with Crippen LogP contribution in [-0.2, 0) is 12.8 Å². The first-order chi connectivity index (χ1) is 6.22. The lowest BCUT2D eigenvalue weighted by atomic mass is 10.2. The van der Waals surface area contributed by atoms with E-state index in [1.807, 2.05) is 0 Å². The normalized spacial score (nSPS) is 13.2. The molecule has 1 unspecified atom stereocenters. The topological polar surface area (TPSA) is 59.2 Å². The monoisotopic (exact) mass is 184 g/mol. The van der Waals surface area contributed by atoms with Crippen molar-refractivity contribution in [2.24, 2.45) is 0 Å². The third kappa shape index (κ3) is 3.55. The van der Waals surface area contributed by atoms with Crippen LogP contribution in [0.1, 0.15) is 38.4 Å². The van der Waals surface area contributed by atoms with E-state index in [-0.39, 0.29) is 6.10 Å². The molecular weight excluding hydrogens is 168 g/mol. The Labute approximate surface area is 78.0 Å². The fourth-order valence-electron chi connectivity index (χ4n) is 1.05. The number of aromatic nitrogens is 2. The first-order valence-electron chi connectivity index (χ1n) is 4.72. The molecule has 1 rings (SSSR count). The second-order valence-corrected chi connectivity index (χ2v) is 3.24. The number of aliphatic hydroxyl groups is 1. The van der Waals surface area contributed by atoms with Crippen LogP contribution in [0, 0.1) is 0 Å². The van der Waals surface area contributed by atoms with Gasteiger partial charge in [0.1, 0.15) is 0 Å². The van der Waals surface area contributed by atoms with Crippen LogP contribution in [0.3, 0.4) is 0 Å². The number of rotatable bonds is 5. The maximum Gasteiger partial charge on any atom is 0.226 e. The highest BCUT2D eigenvalue weighted by Crippen LogP contribution is 2.04. The predicted molar refractivity (Wildman–Crippen MR) is 48.3 cm³/mol. The predicted octanol–water partition coefficient (Wildman–Crippen LogP) is 1.34. The van der Waals surface area contributed by atoms with Crippen molar-refractivity contribution in [1.82, 2.24) is 10.1 Å². The van der Waals surface area contributed by atoms with Crippen LogP contribution in [0.25, 0.3) is 0 Å². The maximum absolute atomic E-state index is 9.03. The molecule has 1 N–H and O–H groups in total. The molecule has 0 fully saturated rings. The van der Waals surface area contributed by atoms with Crippen LogP contribution < -0.4 is 0 Å². The van der Waals surface area contributed by atoms with Crippen LogP contribution in [0.4, 0.5) is 0 Å². The van der Waals surface area contributed by atoms with Crippen molar-refractivity contribution >= 4 is 0 Å². The van der Waals surface area contributed by atoms with Gasteiger partial charge in [-0.1, -0.05) is 12.1 Å². The van der Waals surface area contributed by atoms with E-state index < -0.39 is 0 Å². The van der Waals surface area contributed by atoms with Gasteiger partial charge in [-0.2, -0.15) is 4.98 Å². The number of aryl methyl sites for hydroxylation is 2. The Morgan fingerprint density at radius 2 is 2.23 bits per heavy atom. The second-order valence-electron chi connectivity index (χ2n) is 3.24. The molecule has 0 spiro atoms. The molecule has 4 nitrogen and oxygen atoms in total. The molecule has 1 atom stereocenters. The Kier molecular flexibility index (Phi) is 3.89. The summed E-state index contributed by atoms with van der Waals surface area (Å²) in [5.74, 6) is 1.40. The van der Waals surface area contributed by atoms with Crippen molar-refractivity contribution in [2.75, 3.05) is 0 Å². The minimum atomic E-state index is -0.304. The van der Waals surface area contributed by atoms with Crippen molar-refractivity contribution in [2.45, 2.75) is 45.6 Å². The smallest absolute Gasteiger partial charge is 0.226 e. The standard InChI is InChI=1S/C9H16N2O2/c1-3-4-8-10-9(13-11-8)6-5-7(2)12/h7,12H,3-6H2,1-2H3. The molecule has 0 aliphatic rings. The van der Waals surface area contributed by atoms with E-state index in [9.17, 15) is 0 Å². The maximum atomic E-state index is 9.03. The molecule has 13 heavy (non-hydrogen) atoms. The molecule has 4 heteroatoms. The third-order valence-electron chi connectivity index (χ3n) is 1.76. The van der Waals surface area contributed by atoms with E-state index in [4.69, 9.17) is 9.63 Å².